The molecule has 0 radical (unpaired) electrons. The van der Waals surface area contributed by atoms with Crippen molar-refractivity contribution in [3.63, 3.8) is 0 Å². The predicted octanol–water partition coefficient (Wildman–Crippen LogP) is 2.71. The van der Waals surface area contributed by atoms with E-state index < -0.39 is 0 Å². The molecule has 5 nitrogen and oxygen atoms in total. The van der Waals surface area contributed by atoms with E-state index in [1.807, 2.05) is 13.0 Å². The zero-order valence-electron chi connectivity index (χ0n) is 12.6. The van der Waals surface area contributed by atoms with Crippen LogP contribution in [0.25, 0.3) is 11.0 Å². The molecular weight excluding hydrogens is 266 g/mol. The molecule has 0 bridgehead atoms. The second kappa shape index (κ2) is 5.31. The van der Waals surface area contributed by atoms with Gasteiger partial charge in [0.1, 0.15) is 0 Å². The summed E-state index contributed by atoms with van der Waals surface area (Å²) in [7, 11) is 1.38. The highest BCUT2D eigenvalue weighted by atomic mass is 16.5. The van der Waals surface area contributed by atoms with E-state index in [1.165, 1.54) is 20.0 Å². The molecule has 0 spiro atoms. The minimum Gasteiger partial charge on any atom is -0.465 e. The molecule has 1 aliphatic heterocycles. The average molecular weight is 285 g/mol. The van der Waals surface area contributed by atoms with Crippen molar-refractivity contribution in [2.75, 3.05) is 18.6 Å². The second-order valence-corrected chi connectivity index (χ2v) is 5.51. The number of ether oxygens (including phenoxy) is 1. The quantitative estimate of drug-likeness (QED) is 0.794. The molecule has 0 saturated carbocycles. The van der Waals surface area contributed by atoms with E-state index in [4.69, 9.17) is 9.72 Å². The van der Waals surface area contributed by atoms with Crippen LogP contribution in [-0.2, 0) is 4.74 Å². The monoisotopic (exact) mass is 285 g/mol. The lowest BCUT2D eigenvalue weighted by Gasteiger charge is -2.24. The summed E-state index contributed by atoms with van der Waals surface area (Å²) in [6, 6.07) is 5.77. The van der Waals surface area contributed by atoms with Crippen LogP contribution >= 0.6 is 0 Å². The van der Waals surface area contributed by atoms with Crippen LogP contribution in [-0.4, -0.2) is 35.6 Å². The molecule has 1 atom stereocenters. The van der Waals surface area contributed by atoms with Gasteiger partial charge in [-0.1, -0.05) is 0 Å². The highest BCUT2D eigenvalue weighted by Gasteiger charge is 2.24. The van der Waals surface area contributed by atoms with Crippen LogP contribution in [0, 0.1) is 6.92 Å². The number of aryl methyl sites for hydroxylation is 1. The molecule has 0 aliphatic carbocycles. The summed E-state index contributed by atoms with van der Waals surface area (Å²) in [5.41, 5.74) is 2.97. The maximum absolute atomic E-state index is 11.6. The van der Waals surface area contributed by atoms with Gasteiger partial charge in [0.25, 0.3) is 0 Å². The van der Waals surface area contributed by atoms with E-state index in [9.17, 15) is 4.79 Å². The van der Waals surface area contributed by atoms with Gasteiger partial charge >= 0.3 is 5.97 Å². The van der Waals surface area contributed by atoms with E-state index in [1.54, 1.807) is 12.1 Å². The van der Waals surface area contributed by atoms with Crippen LogP contribution in [0.1, 0.15) is 35.8 Å². The lowest BCUT2D eigenvalue weighted by atomic mass is 10.2. The number of aromatic nitrogens is 2. The van der Waals surface area contributed by atoms with E-state index in [0.717, 1.165) is 29.1 Å². The summed E-state index contributed by atoms with van der Waals surface area (Å²) in [4.78, 5) is 23.3. The lowest BCUT2D eigenvalue weighted by molar-refractivity contribution is 0.0601. The fourth-order valence-corrected chi connectivity index (χ4v) is 2.90. The number of hydrogen-bond donors (Lipinski definition) is 0. The van der Waals surface area contributed by atoms with Crippen molar-refractivity contribution in [3.05, 3.63) is 29.5 Å². The van der Waals surface area contributed by atoms with Crippen molar-refractivity contribution >= 4 is 22.8 Å². The van der Waals surface area contributed by atoms with Crippen LogP contribution in [0.15, 0.2) is 18.2 Å². The van der Waals surface area contributed by atoms with E-state index in [0.29, 0.717) is 11.6 Å². The van der Waals surface area contributed by atoms with Crippen molar-refractivity contribution in [1.29, 1.82) is 0 Å². The van der Waals surface area contributed by atoms with Crippen LogP contribution < -0.4 is 4.90 Å². The third-order valence-corrected chi connectivity index (χ3v) is 4.06. The number of hydrogen-bond acceptors (Lipinski definition) is 5. The first kappa shape index (κ1) is 13.8. The van der Waals surface area contributed by atoms with Crippen molar-refractivity contribution in [2.45, 2.75) is 32.7 Å². The fourth-order valence-electron chi connectivity index (χ4n) is 2.90. The molecule has 1 aromatic carbocycles. The van der Waals surface area contributed by atoms with Crippen LogP contribution in [0.3, 0.4) is 0 Å². The third kappa shape index (κ3) is 2.44. The molecule has 0 N–H and O–H groups in total. The van der Waals surface area contributed by atoms with Gasteiger partial charge < -0.3 is 9.64 Å². The normalized spacial score (nSPS) is 18.2. The van der Waals surface area contributed by atoms with Gasteiger partial charge in [0.2, 0.25) is 0 Å². The Kier molecular flexibility index (Phi) is 3.49. The molecule has 0 unspecified atom stereocenters. The minimum absolute atomic E-state index is 0.352. The topological polar surface area (TPSA) is 55.3 Å². The van der Waals surface area contributed by atoms with Crippen LogP contribution in [0.2, 0.25) is 0 Å². The van der Waals surface area contributed by atoms with Crippen molar-refractivity contribution in [1.82, 2.24) is 9.97 Å². The zero-order chi connectivity index (χ0) is 15.0. The molecule has 1 saturated heterocycles. The number of carbonyl (C=O) groups excluding carboxylic acids is 1. The average Bonchev–Trinajstić information content (AvgIpc) is 2.91. The first-order valence-electron chi connectivity index (χ1n) is 7.23. The van der Waals surface area contributed by atoms with Gasteiger partial charge in [0.15, 0.2) is 5.82 Å². The molecular formula is C16H19N3O2. The summed E-state index contributed by atoms with van der Waals surface area (Å²) in [6.45, 7) is 5.21. The Morgan fingerprint density at radius 3 is 2.81 bits per heavy atom. The Hall–Kier alpha value is -2.17. The highest BCUT2D eigenvalue weighted by Crippen LogP contribution is 2.27. The first-order valence-corrected chi connectivity index (χ1v) is 7.23. The second-order valence-electron chi connectivity index (χ2n) is 5.51. The molecule has 1 aromatic heterocycles. The van der Waals surface area contributed by atoms with Crippen LogP contribution in [0.4, 0.5) is 5.82 Å². The first-order chi connectivity index (χ1) is 10.1. The molecule has 1 fully saturated rings. The number of fused-ring (bicyclic) bond motifs is 1. The van der Waals surface area contributed by atoms with Gasteiger partial charge in [0, 0.05) is 12.6 Å². The molecule has 2 heterocycles. The lowest BCUT2D eigenvalue weighted by Crippen LogP contribution is -2.28. The van der Waals surface area contributed by atoms with Crippen molar-refractivity contribution in [3.8, 4) is 0 Å². The standard InChI is InChI=1S/C16H19N3O2/c1-10-5-4-8-19(10)15-11(2)17-13-7-6-12(16(20)21-3)9-14(13)18-15/h6-7,9-10H,4-5,8H2,1-3H3/t10-/m0/s1. The SMILES string of the molecule is COC(=O)c1ccc2nc(C)c(N3CCC[C@@H]3C)nc2c1. The summed E-state index contributed by atoms with van der Waals surface area (Å²) in [6.07, 6.45) is 2.36. The van der Waals surface area contributed by atoms with Gasteiger partial charge in [-0.15, -0.1) is 0 Å². The summed E-state index contributed by atoms with van der Waals surface area (Å²) < 4.78 is 4.76. The maximum Gasteiger partial charge on any atom is 0.337 e. The molecule has 0 amide bonds. The summed E-state index contributed by atoms with van der Waals surface area (Å²) >= 11 is 0. The van der Waals surface area contributed by atoms with Gasteiger partial charge in [0.05, 0.1) is 29.4 Å². The van der Waals surface area contributed by atoms with Crippen molar-refractivity contribution in [2.24, 2.45) is 0 Å². The molecule has 21 heavy (non-hydrogen) atoms. The number of methoxy groups -OCH3 is 1. The molecule has 3 rings (SSSR count). The largest absolute Gasteiger partial charge is 0.465 e. The molecule has 2 aromatic rings. The Morgan fingerprint density at radius 1 is 1.33 bits per heavy atom. The number of nitrogens with zero attached hydrogens (tertiary/aromatic N) is 3. The van der Waals surface area contributed by atoms with Gasteiger partial charge in [-0.25, -0.2) is 14.8 Å². The Bertz CT molecular complexity index is 699. The predicted molar refractivity (Wildman–Crippen MR) is 81.7 cm³/mol. The number of esters is 1. The van der Waals surface area contributed by atoms with Gasteiger partial charge in [-0.3, -0.25) is 0 Å². The number of rotatable bonds is 2. The highest BCUT2D eigenvalue weighted by molar-refractivity contribution is 5.93. The number of anilines is 1. The Morgan fingerprint density at radius 2 is 2.14 bits per heavy atom. The third-order valence-electron chi connectivity index (χ3n) is 4.06. The molecule has 5 heteroatoms. The number of carbonyl (C=O) groups is 1. The fraction of sp³-hybridized carbons (Fsp3) is 0.438. The van der Waals surface area contributed by atoms with E-state index in [-0.39, 0.29) is 5.97 Å². The minimum atomic E-state index is -0.352. The molecule has 1 aliphatic rings. The summed E-state index contributed by atoms with van der Waals surface area (Å²) in [5, 5.41) is 0. The summed E-state index contributed by atoms with van der Waals surface area (Å²) in [5.74, 6) is 0.574. The van der Waals surface area contributed by atoms with E-state index >= 15 is 0 Å². The van der Waals surface area contributed by atoms with Crippen LogP contribution in [0.5, 0.6) is 0 Å². The zero-order valence-corrected chi connectivity index (χ0v) is 12.6. The maximum atomic E-state index is 11.6. The Labute approximate surface area is 124 Å². The molecule has 110 valence electrons. The van der Waals surface area contributed by atoms with Gasteiger partial charge in [-0.2, -0.15) is 0 Å². The van der Waals surface area contributed by atoms with Gasteiger partial charge in [-0.05, 0) is 44.9 Å². The number of benzene rings is 1. The Balaban J connectivity index is 2.09. The van der Waals surface area contributed by atoms with E-state index in [2.05, 4.69) is 16.8 Å². The van der Waals surface area contributed by atoms with Crippen molar-refractivity contribution < 1.29 is 9.53 Å². The smallest absolute Gasteiger partial charge is 0.337 e.